The number of hydrogen-bond acceptors (Lipinski definition) is 4. The van der Waals surface area contributed by atoms with E-state index >= 15 is 0 Å². The first kappa shape index (κ1) is 19.9. The number of rotatable bonds is 6. The first-order valence-electron chi connectivity index (χ1n) is 7.38. The van der Waals surface area contributed by atoms with Gasteiger partial charge in [-0.3, -0.25) is 0 Å². The highest BCUT2D eigenvalue weighted by molar-refractivity contribution is 6.74. The van der Waals surface area contributed by atoms with Gasteiger partial charge in [-0.2, -0.15) is 0 Å². The Labute approximate surface area is 142 Å². The number of nitrogens with zero attached hydrogens (tertiary/aromatic N) is 1. The summed E-state index contributed by atoms with van der Waals surface area (Å²) < 4.78 is 24.5. The molecule has 130 valence electrons. The van der Waals surface area contributed by atoms with Gasteiger partial charge in [-0.1, -0.05) is 32.4 Å². The van der Waals surface area contributed by atoms with E-state index < -0.39 is 20.2 Å². The van der Waals surface area contributed by atoms with Gasteiger partial charge in [0.2, 0.25) is 0 Å². The molecule has 0 saturated carbocycles. The summed E-state index contributed by atoms with van der Waals surface area (Å²) in [5.74, 6) is -0.643. The fourth-order valence-electron chi connectivity index (χ4n) is 1.46. The number of halogens is 2. The molecule has 1 aromatic rings. The van der Waals surface area contributed by atoms with Crippen molar-refractivity contribution >= 4 is 26.0 Å². The van der Waals surface area contributed by atoms with Gasteiger partial charge in [-0.25, -0.2) is 14.2 Å². The molecule has 0 fully saturated rings. The Morgan fingerprint density at radius 3 is 2.65 bits per heavy atom. The molecule has 1 N–H and O–H groups in total. The molecule has 1 heterocycles. The monoisotopic (exact) mass is 362 g/mol. The van der Waals surface area contributed by atoms with Crippen molar-refractivity contribution in [1.82, 2.24) is 10.3 Å². The van der Waals surface area contributed by atoms with Crippen molar-refractivity contribution in [2.45, 2.75) is 45.4 Å². The van der Waals surface area contributed by atoms with E-state index in [-0.39, 0.29) is 28.9 Å². The van der Waals surface area contributed by atoms with Gasteiger partial charge in [-0.15, -0.1) is 0 Å². The van der Waals surface area contributed by atoms with Crippen molar-refractivity contribution < 1.29 is 18.3 Å². The van der Waals surface area contributed by atoms with Crippen molar-refractivity contribution in [3.8, 4) is 0 Å². The van der Waals surface area contributed by atoms with E-state index in [2.05, 4.69) is 44.2 Å². The number of carbonyl (C=O) groups excluding carboxylic acids is 1. The topological polar surface area (TPSA) is 60.5 Å². The third-order valence-electron chi connectivity index (χ3n) is 3.94. The number of ether oxygens (including phenoxy) is 1. The van der Waals surface area contributed by atoms with E-state index in [1.807, 2.05) is 0 Å². The predicted molar refractivity (Wildman–Crippen MR) is 90.5 cm³/mol. The Bertz CT molecular complexity index is 550. The number of nitrogens with one attached hydrogen (secondary N) is 1. The molecule has 0 aliphatic carbocycles. The van der Waals surface area contributed by atoms with Crippen LogP contribution in [0.15, 0.2) is 12.3 Å². The third-order valence-corrected chi connectivity index (χ3v) is 8.74. The molecule has 8 heteroatoms. The number of hydrogen-bond donors (Lipinski definition) is 1. The quantitative estimate of drug-likeness (QED) is 0.469. The van der Waals surface area contributed by atoms with Crippen molar-refractivity contribution in [3.63, 3.8) is 0 Å². The molecule has 0 aliphatic heterocycles. The Hall–Kier alpha value is -1.18. The smallest absolute Gasteiger partial charge is 0.407 e. The Morgan fingerprint density at radius 1 is 1.39 bits per heavy atom. The maximum atomic E-state index is 13.6. The molecular formula is C15H24ClFN2O3Si. The van der Waals surface area contributed by atoms with E-state index in [9.17, 15) is 9.18 Å². The average molecular weight is 363 g/mol. The van der Waals surface area contributed by atoms with Crippen LogP contribution in [0, 0.1) is 5.82 Å². The summed E-state index contributed by atoms with van der Waals surface area (Å²) in [4.78, 5) is 15.2. The summed E-state index contributed by atoms with van der Waals surface area (Å²) in [5.41, 5.74) is 0.250. The first-order chi connectivity index (χ1) is 10.5. The lowest BCUT2D eigenvalue weighted by Crippen LogP contribution is -2.41. The molecule has 0 atom stereocenters. The van der Waals surface area contributed by atoms with Crippen LogP contribution in [0.4, 0.5) is 9.18 Å². The summed E-state index contributed by atoms with van der Waals surface area (Å²) >= 11 is 5.57. The van der Waals surface area contributed by atoms with Crippen LogP contribution >= 0.6 is 11.6 Å². The molecule has 1 aromatic heterocycles. The highest BCUT2D eigenvalue weighted by Crippen LogP contribution is 2.36. The zero-order valence-corrected chi connectivity index (χ0v) is 16.0. The molecule has 23 heavy (non-hydrogen) atoms. The molecule has 0 radical (unpaired) electrons. The molecule has 0 aromatic carbocycles. The van der Waals surface area contributed by atoms with Crippen LogP contribution in [0.3, 0.4) is 0 Å². The van der Waals surface area contributed by atoms with Crippen molar-refractivity contribution in [1.29, 1.82) is 0 Å². The highest BCUT2D eigenvalue weighted by atomic mass is 35.5. The zero-order valence-electron chi connectivity index (χ0n) is 14.2. The fraction of sp³-hybridized carbons (Fsp3) is 0.600. The molecule has 1 rings (SSSR count). The highest BCUT2D eigenvalue weighted by Gasteiger charge is 2.36. The molecule has 0 bridgehead atoms. The summed E-state index contributed by atoms with van der Waals surface area (Å²) in [6, 6.07) is 1.45. The van der Waals surface area contributed by atoms with Crippen LogP contribution in [0.2, 0.25) is 23.3 Å². The van der Waals surface area contributed by atoms with Crippen molar-refractivity contribution in [2.24, 2.45) is 0 Å². The van der Waals surface area contributed by atoms with Crippen LogP contribution in [0.1, 0.15) is 26.3 Å². The molecule has 0 saturated heterocycles. The van der Waals surface area contributed by atoms with Gasteiger partial charge in [0.1, 0.15) is 6.61 Å². The van der Waals surface area contributed by atoms with Gasteiger partial charge in [0.15, 0.2) is 19.3 Å². The molecule has 0 unspecified atom stereocenters. The lowest BCUT2D eigenvalue weighted by Gasteiger charge is -2.36. The number of pyridine rings is 1. The van der Waals surface area contributed by atoms with Gasteiger partial charge >= 0.3 is 6.09 Å². The van der Waals surface area contributed by atoms with Crippen LogP contribution < -0.4 is 5.32 Å². The summed E-state index contributed by atoms with van der Waals surface area (Å²) in [6.07, 6.45) is 0.747. The minimum absolute atomic E-state index is 0.0179. The number of carbonyl (C=O) groups is 1. The van der Waals surface area contributed by atoms with Gasteiger partial charge in [0, 0.05) is 18.3 Å². The first-order valence-corrected chi connectivity index (χ1v) is 10.7. The number of aromatic nitrogens is 1. The van der Waals surface area contributed by atoms with Gasteiger partial charge in [0.05, 0.1) is 6.61 Å². The van der Waals surface area contributed by atoms with E-state index in [0.717, 1.165) is 0 Å². The van der Waals surface area contributed by atoms with Crippen molar-refractivity contribution in [2.75, 3.05) is 13.2 Å². The molecule has 1 amide bonds. The predicted octanol–water partition coefficient (Wildman–Crippen LogP) is 4.12. The average Bonchev–Trinajstić information content (AvgIpc) is 2.44. The van der Waals surface area contributed by atoms with Gasteiger partial charge in [0.25, 0.3) is 0 Å². The Morgan fingerprint density at radius 2 is 2.04 bits per heavy atom. The standard InChI is InChI=1S/C15H24ClFN2O3Si/c1-15(2,3)23(4,5)22-9-8-21-14(20)19-10-11-6-7-18-13(16)12(11)17/h6-7H,8-10H2,1-5H3,(H,19,20). The lowest BCUT2D eigenvalue weighted by molar-refractivity contribution is 0.121. The number of amides is 1. The van der Waals surface area contributed by atoms with Gasteiger partial charge < -0.3 is 14.5 Å². The largest absolute Gasteiger partial charge is 0.447 e. The van der Waals surface area contributed by atoms with E-state index in [4.69, 9.17) is 20.8 Å². The van der Waals surface area contributed by atoms with Gasteiger partial charge in [-0.05, 0) is 24.2 Å². The Balaban J connectivity index is 2.32. The van der Waals surface area contributed by atoms with Crippen LogP contribution in [-0.2, 0) is 15.7 Å². The van der Waals surface area contributed by atoms with Crippen LogP contribution in [0.5, 0.6) is 0 Å². The Kier molecular flexibility index (Phi) is 6.97. The summed E-state index contributed by atoms with van der Waals surface area (Å²) in [7, 11) is -1.84. The van der Waals surface area contributed by atoms with E-state index in [1.54, 1.807) is 0 Å². The van der Waals surface area contributed by atoms with E-state index in [0.29, 0.717) is 6.61 Å². The lowest BCUT2D eigenvalue weighted by atomic mass is 10.2. The maximum absolute atomic E-state index is 13.6. The van der Waals surface area contributed by atoms with Crippen LogP contribution in [-0.4, -0.2) is 32.6 Å². The third kappa shape index (κ3) is 6.08. The van der Waals surface area contributed by atoms with Crippen molar-refractivity contribution in [3.05, 3.63) is 28.8 Å². The molecular weight excluding hydrogens is 339 g/mol. The maximum Gasteiger partial charge on any atom is 0.407 e. The second-order valence-electron chi connectivity index (χ2n) is 6.67. The minimum atomic E-state index is -1.84. The molecule has 5 nitrogen and oxygen atoms in total. The number of alkyl carbamates (subject to hydrolysis) is 1. The zero-order chi connectivity index (χ0) is 17.7. The minimum Gasteiger partial charge on any atom is -0.447 e. The second kappa shape index (κ2) is 8.08. The molecule has 0 aliphatic rings. The van der Waals surface area contributed by atoms with E-state index in [1.165, 1.54) is 12.3 Å². The SMILES string of the molecule is CC(C)(C)[Si](C)(C)OCCOC(=O)NCc1ccnc(Cl)c1F. The summed E-state index contributed by atoms with van der Waals surface area (Å²) in [6.45, 7) is 11.2. The normalized spacial score (nSPS) is 12.1. The summed E-state index contributed by atoms with van der Waals surface area (Å²) in [5, 5.41) is 2.35. The molecule has 0 spiro atoms. The fourth-order valence-corrected chi connectivity index (χ4v) is 2.66. The van der Waals surface area contributed by atoms with Crippen LogP contribution in [0.25, 0.3) is 0 Å². The second-order valence-corrected chi connectivity index (χ2v) is 11.8.